The molecule has 1 aromatic heterocycles. The van der Waals surface area contributed by atoms with E-state index in [9.17, 15) is 0 Å². The fourth-order valence-corrected chi connectivity index (χ4v) is 2.63. The third kappa shape index (κ3) is 3.30. The Kier molecular flexibility index (Phi) is 4.18. The highest BCUT2D eigenvalue weighted by molar-refractivity contribution is 5.16. The largest absolute Gasteiger partial charge is 0.312 e. The molecule has 1 aliphatic rings. The van der Waals surface area contributed by atoms with Crippen molar-refractivity contribution >= 4 is 0 Å². The number of likely N-dealkylation sites (tertiary alicyclic amines) is 1. The van der Waals surface area contributed by atoms with Gasteiger partial charge < -0.3 is 10.2 Å². The molecule has 4 nitrogen and oxygen atoms in total. The van der Waals surface area contributed by atoms with Crippen LogP contribution < -0.4 is 5.32 Å². The van der Waals surface area contributed by atoms with Gasteiger partial charge in [0.25, 0.3) is 0 Å². The van der Waals surface area contributed by atoms with Crippen molar-refractivity contribution in [1.82, 2.24) is 20.0 Å². The van der Waals surface area contributed by atoms with Crippen molar-refractivity contribution < 1.29 is 0 Å². The summed E-state index contributed by atoms with van der Waals surface area (Å²) in [6, 6.07) is 0. The molecule has 1 unspecified atom stereocenters. The van der Waals surface area contributed by atoms with Crippen LogP contribution in [0.15, 0.2) is 6.20 Å². The summed E-state index contributed by atoms with van der Waals surface area (Å²) in [6.45, 7) is 6.73. The first-order valence-corrected chi connectivity index (χ1v) is 6.59. The number of hydrogen-bond donors (Lipinski definition) is 1. The van der Waals surface area contributed by atoms with Gasteiger partial charge in [0.05, 0.1) is 5.69 Å². The quantitative estimate of drug-likeness (QED) is 0.829. The fourth-order valence-electron chi connectivity index (χ4n) is 2.63. The van der Waals surface area contributed by atoms with Gasteiger partial charge in [-0.2, -0.15) is 5.10 Å². The summed E-state index contributed by atoms with van der Waals surface area (Å²) in [5.41, 5.74) is 2.57. The second kappa shape index (κ2) is 5.65. The number of hydrogen-bond acceptors (Lipinski definition) is 3. The molecule has 2 rings (SSSR count). The molecule has 2 heterocycles. The zero-order valence-electron chi connectivity index (χ0n) is 11.2. The molecule has 0 bridgehead atoms. The number of rotatable bonds is 5. The lowest BCUT2D eigenvalue weighted by Crippen LogP contribution is -2.24. The summed E-state index contributed by atoms with van der Waals surface area (Å²) >= 11 is 0. The van der Waals surface area contributed by atoms with Gasteiger partial charge in [0.2, 0.25) is 0 Å². The minimum Gasteiger partial charge on any atom is -0.312 e. The van der Waals surface area contributed by atoms with Gasteiger partial charge in [-0.15, -0.1) is 0 Å². The van der Waals surface area contributed by atoms with Crippen LogP contribution in [0.4, 0.5) is 0 Å². The van der Waals surface area contributed by atoms with Crippen LogP contribution in [0.2, 0.25) is 0 Å². The van der Waals surface area contributed by atoms with Gasteiger partial charge in [0.1, 0.15) is 0 Å². The average Bonchev–Trinajstić information content (AvgIpc) is 2.85. The molecule has 17 heavy (non-hydrogen) atoms. The van der Waals surface area contributed by atoms with E-state index in [-0.39, 0.29) is 0 Å². The molecule has 1 saturated heterocycles. The van der Waals surface area contributed by atoms with Crippen LogP contribution in [0.25, 0.3) is 0 Å². The van der Waals surface area contributed by atoms with Gasteiger partial charge in [0.15, 0.2) is 0 Å². The highest BCUT2D eigenvalue weighted by atomic mass is 15.3. The minimum atomic E-state index is 0.821. The highest BCUT2D eigenvalue weighted by Gasteiger charge is 2.18. The number of aromatic nitrogens is 2. The van der Waals surface area contributed by atoms with Crippen LogP contribution >= 0.6 is 0 Å². The maximum absolute atomic E-state index is 4.46. The average molecular weight is 236 g/mol. The molecule has 1 N–H and O–H groups in total. The third-order valence-electron chi connectivity index (χ3n) is 3.56. The van der Waals surface area contributed by atoms with Crippen molar-refractivity contribution in [2.24, 2.45) is 13.0 Å². The molecule has 96 valence electrons. The SMILES string of the molecule is CCc1nn(C)cc1CNCC1CCN(C)C1. The van der Waals surface area contributed by atoms with Gasteiger partial charge in [-0.25, -0.2) is 0 Å². The molecule has 1 aliphatic heterocycles. The van der Waals surface area contributed by atoms with Crippen molar-refractivity contribution in [3.8, 4) is 0 Å². The Hall–Kier alpha value is -0.870. The van der Waals surface area contributed by atoms with Crippen molar-refractivity contribution in [2.75, 3.05) is 26.7 Å². The molecule has 0 saturated carbocycles. The van der Waals surface area contributed by atoms with E-state index in [1.807, 2.05) is 11.7 Å². The summed E-state index contributed by atoms with van der Waals surface area (Å²) in [6.07, 6.45) is 4.48. The van der Waals surface area contributed by atoms with Crippen molar-refractivity contribution in [3.63, 3.8) is 0 Å². The van der Waals surface area contributed by atoms with E-state index in [0.29, 0.717) is 0 Å². The summed E-state index contributed by atoms with van der Waals surface area (Å²) in [5, 5.41) is 8.03. The lowest BCUT2D eigenvalue weighted by atomic mass is 10.1. The van der Waals surface area contributed by atoms with E-state index in [4.69, 9.17) is 0 Å². The summed E-state index contributed by atoms with van der Waals surface area (Å²) in [5.74, 6) is 0.821. The van der Waals surface area contributed by atoms with E-state index in [1.54, 1.807) is 0 Å². The number of nitrogens with one attached hydrogen (secondary N) is 1. The van der Waals surface area contributed by atoms with Crippen LogP contribution in [0, 0.1) is 5.92 Å². The molecular weight excluding hydrogens is 212 g/mol. The molecule has 0 amide bonds. The van der Waals surface area contributed by atoms with E-state index < -0.39 is 0 Å². The minimum absolute atomic E-state index is 0.821. The Labute approximate surface area is 104 Å². The van der Waals surface area contributed by atoms with Gasteiger partial charge in [-0.05, 0) is 38.9 Å². The first-order valence-electron chi connectivity index (χ1n) is 6.59. The summed E-state index contributed by atoms with van der Waals surface area (Å²) in [4.78, 5) is 2.41. The second-order valence-electron chi connectivity index (χ2n) is 5.18. The predicted octanol–water partition coefficient (Wildman–Crippen LogP) is 1.02. The molecule has 1 fully saturated rings. The Bertz CT molecular complexity index is 358. The first-order chi connectivity index (χ1) is 8.19. The predicted molar refractivity (Wildman–Crippen MR) is 69.9 cm³/mol. The molecule has 0 aliphatic carbocycles. The van der Waals surface area contributed by atoms with Crippen LogP contribution in [0.3, 0.4) is 0 Å². The zero-order chi connectivity index (χ0) is 12.3. The maximum atomic E-state index is 4.46. The highest BCUT2D eigenvalue weighted by Crippen LogP contribution is 2.13. The Morgan fingerprint density at radius 2 is 2.29 bits per heavy atom. The molecule has 4 heteroatoms. The van der Waals surface area contributed by atoms with E-state index in [0.717, 1.165) is 25.4 Å². The van der Waals surface area contributed by atoms with E-state index in [1.165, 1.54) is 30.8 Å². The van der Waals surface area contributed by atoms with E-state index >= 15 is 0 Å². The molecule has 0 radical (unpaired) electrons. The van der Waals surface area contributed by atoms with Gasteiger partial charge in [0, 0.05) is 31.9 Å². The topological polar surface area (TPSA) is 33.1 Å². The third-order valence-corrected chi connectivity index (χ3v) is 3.56. The molecule has 0 aromatic carbocycles. The zero-order valence-corrected chi connectivity index (χ0v) is 11.2. The van der Waals surface area contributed by atoms with Crippen molar-refractivity contribution in [3.05, 3.63) is 17.5 Å². The molecular formula is C13H24N4. The first kappa shape index (κ1) is 12.6. The van der Waals surface area contributed by atoms with E-state index in [2.05, 4.69) is 35.5 Å². The normalized spacial score (nSPS) is 21.2. The maximum Gasteiger partial charge on any atom is 0.0666 e. The van der Waals surface area contributed by atoms with Crippen LogP contribution in [-0.2, 0) is 20.0 Å². The number of aryl methyl sites for hydroxylation is 2. The van der Waals surface area contributed by atoms with Crippen molar-refractivity contribution in [2.45, 2.75) is 26.3 Å². The second-order valence-corrected chi connectivity index (χ2v) is 5.18. The fraction of sp³-hybridized carbons (Fsp3) is 0.769. The Morgan fingerprint density at radius 1 is 1.47 bits per heavy atom. The van der Waals surface area contributed by atoms with Gasteiger partial charge in [-0.3, -0.25) is 4.68 Å². The molecule has 0 spiro atoms. The van der Waals surface area contributed by atoms with Crippen molar-refractivity contribution in [1.29, 1.82) is 0 Å². The molecule has 1 aromatic rings. The van der Waals surface area contributed by atoms with Crippen LogP contribution in [0.1, 0.15) is 24.6 Å². The monoisotopic (exact) mass is 236 g/mol. The molecule has 1 atom stereocenters. The summed E-state index contributed by atoms with van der Waals surface area (Å²) in [7, 11) is 4.20. The lowest BCUT2D eigenvalue weighted by molar-refractivity contribution is 0.388. The van der Waals surface area contributed by atoms with Crippen LogP contribution in [-0.4, -0.2) is 41.4 Å². The van der Waals surface area contributed by atoms with Gasteiger partial charge >= 0.3 is 0 Å². The standard InChI is InChI=1S/C13H24N4/c1-4-13-12(10-17(3)15-13)8-14-7-11-5-6-16(2)9-11/h10-11,14H,4-9H2,1-3H3. The lowest BCUT2D eigenvalue weighted by Gasteiger charge is -2.11. The number of nitrogens with zero attached hydrogens (tertiary/aromatic N) is 3. The van der Waals surface area contributed by atoms with Crippen LogP contribution in [0.5, 0.6) is 0 Å². The smallest absolute Gasteiger partial charge is 0.0666 e. The Balaban J connectivity index is 1.77. The summed E-state index contributed by atoms with van der Waals surface area (Å²) < 4.78 is 1.92. The Morgan fingerprint density at radius 3 is 2.94 bits per heavy atom. The van der Waals surface area contributed by atoms with Gasteiger partial charge in [-0.1, -0.05) is 6.92 Å².